The van der Waals surface area contributed by atoms with E-state index in [4.69, 9.17) is 0 Å². The van der Waals surface area contributed by atoms with Crippen molar-refractivity contribution in [2.75, 3.05) is 0 Å². The first-order valence-electron chi connectivity index (χ1n) is 16.6. The van der Waals surface area contributed by atoms with E-state index in [0.29, 0.717) is 0 Å². The highest BCUT2D eigenvalue weighted by atomic mass is 15.0. The summed E-state index contributed by atoms with van der Waals surface area (Å²) in [6.45, 7) is 0. The minimum atomic E-state index is 1.12. The molecule has 0 saturated carbocycles. The Balaban J connectivity index is 1.27. The standard InChI is InChI=1S/C46H29N3/c1-2-12-38-30(8-1)9-5-15-44(38)49-45-27-33(36-22-23-37(35-11-7-25-48-29-35)41-14-4-3-13-40(36)41)17-20-42(45)43-21-18-32-26-31(16-19-39(32)46(43)49)34-10-6-24-47-28-34/h1-29H. The van der Waals surface area contributed by atoms with Crippen molar-refractivity contribution in [1.82, 2.24) is 14.5 Å². The van der Waals surface area contributed by atoms with Crippen LogP contribution in [0.3, 0.4) is 0 Å². The van der Waals surface area contributed by atoms with Crippen molar-refractivity contribution in [3.63, 3.8) is 0 Å². The van der Waals surface area contributed by atoms with Gasteiger partial charge in [0.25, 0.3) is 0 Å². The zero-order chi connectivity index (χ0) is 32.3. The van der Waals surface area contributed by atoms with Gasteiger partial charge >= 0.3 is 0 Å². The van der Waals surface area contributed by atoms with Crippen molar-refractivity contribution < 1.29 is 0 Å². The van der Waals surface area contributed by atoms with Gasteiger partial charge in [0.1, 0.15) is 0 Å². The summed E-state index contributed by atoms with van der Waals surface area (Å²) in [5.41, 5.74) is 10.6. The molecule has 3 heteroatoms. The number of benzene rings is 7. The molecule has 0 atom stereocenters. The zero-order valence-corrected chi connectivity index (χ0v) is 26.6. The maximum absolute atomic E-state index is 4.40. The summed E-state index contributed by atoms with van der Waals surface area (Å²) in [5.74, 6) is 0. The fraction of sp³-hybridized carbons (Fsp3) is 0. The second kappa shape index (κ2) is 11.0. The molecule has 0 bridgehead atoms. The van der Waals surface area contributed by atoms with Gasteiger partial charge in [-0.2, -0.15) is 0 Å². The van der Waals surface area contributed by atoms with Crippen LogP contribution in [0.25, 0.3) is 93.2 Å². The molecule has 0 fully saturated rings. The quantitative estimate of drug-likeness (QED) is 0.195. The Morgan fingerprint density at radius 3 is 1.80 bits per heavy atom. The number of aromatic nitrogens is 3. The monoisotopic (exact) mass is 623 g/mol. The second-order valence-corrected chi connectivity index (χ2v) is 12.7. The largest absolute Gasteiger partial charge is 0.308 e. The number of hydrogen-bond donors (Lipinski definition) is 0. The summed E-state index contributed by atoms with van der Waals surface area (Å²) in [4.78, 5) is 8.77. The van der Waals surface area contributed by atoms with Crippen molar-refractivity contribution in [2.45, 2.75) is 0 Å². The van der Waals surface area contributed by atoms with Crippen molar-refractivity contribution in [3.05, 3.63) is 176 Å². The van der Waals surface area contributed by atoms with E-state index in [1.54, 1.807) is 0 Å². The van der Waals surface area contributed by atoms with E-state index in [2.05, 4.69) is 154 Å². The van der Waals surface area contributed by atoms with E-state index in [9.17, 15) is 0 Å². The van der Waals surface area contributed by atoms with Gasteiger partial charge in [0.2, 0.25) is 0 Å². The fourth-order valence-electron chi connectivity index (χ4n) is 7.70. The molecule has 7 aromatic carbocycles. The van der Waals surface area contributed by atoms with Crippen LogP contribution in [0.2, 0.25) is 0 Å². The van der Waals surface area contributed by atoms with Crippen LogP contribution in [-0.4, -0.2) is 14.5 Å². The van der Waals surface area contributed by atoms with Crippen molar-refractivity contribution in [1.29, 1.82) is 0 Å². The minimum Gasteiger partial charge on any atom is -0.308 e. The fourth-order valence-corrected chi connectivity index (χ4v) is 7.70. The van der Waals surface area contributed by atoms with Crippen molar-refractivity contribution in [2.24, 2.45) is 0 Å². The first-order chi connectivity index (χ1) is 24.3. The van der Waals surface area contributed by atoms with E-state index in [-0.39, 0.29) is 0 Å². The summed E-state index contributed by atoms with van der Waals surface area (Å²) in [5, 5.41) is 9.81. The summed E-state index contributed by atoms with van der Waals surface area (Å²) in [7, 11) is 0. The molecule has 228 valence electrons. The molecule has 49 heavy (non-hydrogen) atoms. The number of hydrogen-bond acceptors (Lipinski definition) is 2. The predicted octanol–water partition coefficient (Wildman–Crippen LogP) is 12.0. The lowest BCUT2D eigenvalue weighted by molar-refractivity contribution is 1.20. The molecule has 10 aromatic rings. The summed E-state index contributed by atoms with van der Waals surface area (Å²) in [6, 6.07) is 55.2. The average molecular weight is 624 g/mol. The van der Waals surface area contributed by atoms with Gasteiger partial charge in [-0.1, -0.05) is 121 Å². The molecule has 10 rings (SSSR count). The lowest BCUT2D eigenvalue weighted by Crippen LogP contribution is -1.96. The number of pyridine rings is 2. The van der Waals surface area contributed by atoms with Gasteiger partial charge in [-0.15, -0.1) is 0 Å². The third-order valence-electron chi connectivity index (χ3n) is 9.95. The molecular weight excluding hydrogens is 595 g/mol. The van der Waals surface area contributed by atoms with Gasteiger partial charge in [0.15, 0.2) is 0 Å². The third kappa shape index (κ3) is 4.37. The Hall–Kier alpha value is -6.58. The molecule has 0 radical (unpaired) electrons. The van der Waals surface area contributed by atoms with Gasteiger partial charge < -0.3 is 4.57 Å². The van der Waals surface area contributed by atoms with Crippen LogP contribution in [-0.2, 0) is 0 Å². The van der Waals surface area contributed by atoms with Crippen LogP contribution in [0.1, 0.15) is 0 Å². The van der Waals surface area contributed by atoms with Gasteiger partial charge in [0, 0.05) is 57.5 Å². The van der Waals surface area contributed by atoms with E-state index < -0.39 is 0 Å². The van der Waals surface area contributed by atoms with E-state index in [0.717, 1.165) is 16.7 Å². The molecule has 0 aliphatic rings. The van der Waals surface area contributed by atoms with Gasteiger partial charge in [-0.25, -0.2) is 0 Å². The SMILES string of the molecule is c1cncc(-c2ccc3c(ccc4c5ccc(-c6ccc(-c7cccnc7)c7ccccc67)cc5n(-c5cccc6ccccc56)c34)c2)c1. The molecule has 3 heterocycles. The van der Waals surface area contributed by atoms with Gasteiger partial charge in [0.05, 0.1) is 16.7 Å². The summed E-state index contributed by atoms with van der Waals surface area (Å²) < 4.78 is 2.49. The number of fused-ring (bicyclic) bond motifs is 7. The highest BCUT2D eigenvalue weighted by molar-refractivity contribution is 6.20. The average Bonchev–Trinajstić information content (AvgIpc) is 3.51. The lowest BCUT2D eigenvalue weighted by Gasteiger charge is -2.15. The smallest absolute Gasteiger partial charge is 0.0619 e. The van der Waals surface area contributed by atoms with Crippen LogP contribution in [0, 0.1) is 0 Å². The normalized spacial score (nSPS) is 11.7. The highest BCUT2D eigenvalue weighted by Crippen LogP contribution is 2.42. The Kier molecular flexibility index (Phi) is 6.18. The number of nitrogens with zero attached hydrogens (tertiary/aromatic N) is 3. The first-order valence-corrected chi connectivity index (χ1v) is 16.6. The summed E-state index contributed by atoms with van der Waals surface area (Å²) >= 11 is 0. The molecule has 0 aliphatic carbocycles. The second-order valence-electron chi connectivity index (χ2n) is 12.7. The Morgan fingerprint density at radius 1 is 0.367 bits per heavy atom. The van der Waals surface area contributed by atoms with Crippen LogP contribution >= 0.6 is 0 Å². The van der Waals surface area contributed by atoms with E-state index in [1.807, 2.05) is 36.9 Å². The van der Waals surface area contributed by atoms with E-state index in [1.165, 1.54) is 76.5 Å². The topological polar surface area (TPSA) is 30.7 Å². The maximum Gasteiger partial charge on any atom is 0.0619 e. The van der Waals surface area contributed by atoms with Crippen LogP contribution in [0.15, 0.2) is 176 Å². The van der Waals surface area contributed by atoms with Gasteiger partial charge in [-0.3, -0.25) is 9.97 Å². The minimum absolute atomic E-state index is 1.12. The Labute approximate surface area is 283 Å². The Morgan fingerprint density at radius 2 is 1.02 bits per heavy atom. The van der Waals surface area contributed by atoms with Crippen molar-refractivity contribution >= 4 is 54.1 Å². The first kappa shape index (κ1) is 27.5. The maximum atomic E-state index is 4.40. The molecule has 3 aromatic heterocycles. The van der Waals surface area contributed by atoms with E-state index >= 15 is 0 Å². The van der Waals surface area contributed by atoms with Crippen molar-refractivity contribution in [3.8, 4) is 39.1 Å². The van der Waals surface area contributed by atoms with Crippen LogP contribution in [0.4, 0.5) is 0 Å². The number of rotatable bonds is 4. The molecule has 0 saturated heterocycles. The molecule has 0 aliphatic heterocycles. The van der Waals surface area contributed by atoms with Crippen LogP contribution < -0.4 is 0 Å². The molecule has 0 unspecified atom stereocenters. The third-order valence-corrected chi connectivity index (χ3v) is 9.95. The molecule has 0 amide bonds. The van der Waals surface area contributed by atoms with Gasteiger partial charge in [-0.05, 0) is 74.1 Å². The highest BCUT2D eigenvalue weighted by Gasteiger charge is 2.19. The molecule has 3 nitrogen and oxygen atoms in total. The molecule has 0 N–H and O–H groups in total. The molecule has 0 spiro atoms. The summed E-state index contributed by atoms with van der Waals surface area (Å²) in [6.07, 6.45) is 7.53. The molecular formula is C46H29N3. The Bertz CT molecular complexity index is 2860. The van der Waals surface area contributed by atoms with Crippen LogP contribution in [0.5, 0.6) is 0 Å². The predicted molar refractivity (Wildman–Crippen MR) is 205 cm³/mol. The zero-order valence-electron chi connectivity index (χ0n) is 26.6. The lowest BCUT2D eigenvalue weighted by atomic mass is 9.92.